The maximum absolute atomic E-state index is 5.32. The molecule has 110 valence electrons. The fourth-order valence-electron chi connectivity index (χ4n) is 1.92. The normalized spacial score (nSPS) is 10.0. The fourth-order valence-corrected chi connectivity index (χ4v) is 2.67. The zero-order chi connectivity index (χ0) is 15.1. The summed E-state index contributed by atoms with van der Waals surface area (Å²) in [4.78, 5) is 0. The van der Waals surface area contributed by atoms with Crippen LogP contribution in [0.3, 0.4) is 0 Å². The van der Waals surface area contributed by atoms with Crippen molar-refractivity contribution in [2.45, 2.75) is 13.1 Å². The maximum Gasteiger partial charge on any atom is 0.166 e. The van der Waals surface area contributed by atoms with Crippen molar-refractivity contribution in [1.29, 1.82) is 0 Å². The van der Waals surface area contributed by atoms with Crippen molar-refractivity contribution in [3.63, 3.8) is 0 Å². The number of rotatable bonds is 5. The number of methoxy groups -OCH3 is 1. The highest BCUT2D eigenvalue weighted by molar-refractivity contribution is 14.1. The third-order valence-corrected chi connectivity index (χ3v) is 3.93. The third kappa shape index (κ3) is 5.17. The number of benzene rings is 2. The van der Waals surface area contributed by atoms with Gasteiger partial charge < -0.3 is 15.4 Å². The summed E-state index contributed by atoms with van der Waals surface area (Å²) in [6.45, 7) is 1.36. The Morgan fingerprint density at radius 2 is 1.86 bits per heavy atom. The van der Waals surface area contributed by atoms with Crippen molar-refractivity contribution in [3.05, 3.63) is 63.2 Å². The van der Waals surface area contributed by atoms with Crippen LogP contribution in [0.1, 0.15) is 11.1 Å². The molecule has 2 N–H and O–H groups in total. The molecule has 0 saturated carbocycles. The Balaban J connectivity index is 1.82. The second kappa shape index (κ2) is 8.19. The second-order valence-electron chi connectivity index (χ2n) is 4.48. The number of nitrogens with one attached hydrogen (secondary N) is 2. The zero-order valence-electron chi connectivity index (χ0n) is 11.7. The van der Waals surface area contributed by atoms with Crippen LogP contribution in [0.4, 0.5) is 0 Å². The molecule has 21 heavy (non-hydrogen) atoms. The molecule has 0 saturated heterocycles. The topological polar surface area (TPSA) is 33.3 Å². The predicted molar refractivity (Wildman–Crippen MR) is 98.4 cm³/mol. The number of halogens is 1. The van der Waals surface area contributed by atoms with E-state index in [1.807, 2.05) is 30.3 Å². The van der Waals surface area contributed by atoms with Gasteiger partial charge in [0.25, 0.3) is 0 Å². The van der Waals surface area contributed by atoms with Gasteiger partial charge in [0.05, 0.1) is 7.11 Å². The van der Waals surface area contributed by atoms with Crippen molar-refractivity contribution in [2.24, 2.45) is 0 Å². The maximum atomic E-state index is 5.32. The first-order valence-electron chi connectivity index (χ1n) is 6.57. The van der Waals surface area contributed by atoms with E-state index < -0.39 is 0 Å². The second-order valence-corrected chi connectivity index (χ2v) is 6.13. The van der Waals surface area contributed by atoms with Crippen LogP contribution in [0.25, 0.3) is 0 Å². The summed E-state index contributed by atoms with van der Waals surface area (Å²) >= 11 is 7.60. The van der Waals surface area contributed by atoms with Crippen LogP contribution >= 0.6 is 34.8 Å². The van der Waals surface area contributed by atoms with Gasteiger partial charge in [-0.1, -0.05) is 30.3 Å². The Morgan fingerprint density at radius 3 is 2.62 bits per heavy atom. The molecule has 0 aromatic heterocycles. The van der Waals surface area contributed by atoms with Crippen LogP contribution in [-0.4, -0.2) is 12.2 Å². The number of thiocarbonyl (C=S) groups is 1. The number of ether oxygens (including phenoxy) is 1. The average Bonchev–Trinajstić information content (AvgIpc) is 2.51. The standard InChI is InChI=1S/C16H17IN2OS/c1-20-15-8-3-2-6-13(15)11-19-16(21)18-10-12-5-4-7-14(17)9-12/h2-9H,10-11H2,1H3,(H2,18,19,21). The molecule has 0 bridgehead atoms. The number of hydrogen-bond donors (Lipinski definition) is 2. The highest BCUT2D eigenvalue weighted by Crippen LogP contribution is 2.16. The van der Waals surface area contributed by atoms with E-state index in [0.29, 0.717) is 18.2 Å². The molecule has 0 aliphatic heterocycles. The highest BCUT2D eigenvalue weighted by atomic mass is 127. The smallest absolute Gasteiger partial charge is 0.166 e. The van der Waals surface area contributed by atoms with Gasteiger partial charge in [-0.05, 0) is 58.6 Å². The van der Waals surface area contributed by atoms with E-state index in [0.717, 1.165) is 11.3 Å². The summed E-state index contributed by atoms with van der Waals surface area (Å²) in [5.41, 5.74) is 2.29. The van der Waals surface area contributed by atoms with E-state index in [-0.39, 0.29) is 0 Å². The van der Waals surface area contributed by atoms with Crippen LogP contribution in [0.5, 0.6) is 5.75 Å². The van der Waals surface area contributed by atoms with Crippen molar-refractivity contribution < 1.29 is 4.74 Å². The largest absolute Gasteiger partial charge is 0.496 e. The summed E-state index contributed by atoms with van der Waals surface area (Å²) < 4.78 is 6.54. The third-order valence-electron chi connectivity index (χ3n) is 2.97. The van der Waals surface area contributed by atoms with Gasteiger partial charge in [-0.2, -0.15) is 0 Å². The summed E-state index contributed by atoms with van der Waals surface area (Å²) in [6, 6.07) is 16.2. The van der Waals surface area contributed by atoms with Gasteiger partial charge in [-0.3, -0.25) is 0 Å². The van der Waals surface area contributed by atoms with Gasteiger partial charge in [0, 0.05) is 22.2 Å². The van der Waals surface area contributed by atoms with E-state index in [1.165, 1.54) is 9.13 Å². The summed E-state index contributed by atoms with van der Waals surface area (Å²) in [6.07, 6.45) is 0. The quantitative estimate of drug-likeness (QED) is 0.582. The van der Waals surface area contributed by atoms with Crippen LogP contribution < -0.4 is 15.4 Å². The molecule has 2 aromatic rings. The lowest BCUT2D eigenvalue weighted by atomic mass is 10.2. The lowest BCUT2D eigenvalue weighted by molar-refractivity contribution is 0.409. The minimum atomic E-state index is 0.639. The molecule has 2 aromatic carbocycles. The lowest BCUT2D eigenvalue weighted by Crippen LogP contribution is -2.34. The van der Waals surface area contributed by atoms with E-state index in [9.17, 15) is 0 Å². The van der Waals surface area contributed by atoms with E-state index in [1.54, 1.807) is 7.11 Å². The van der Waals surface area contributed by atoms with Crippen LogP contribution in [0.15, 0.2) is 48.5 Å². The Kier molecular flexibility index (Phi) is 6.25. The Labute approximate surface area is 144 Å². The molecule has 0 atom stereocenters. The van der Waals surface area contributed by atoms with Gasteiger partial charge in [-0.25, -0.2) is 0 Å². The van der Waals surface area contributed by atoms with Crippen LogP contribution in [0, 0.1) is 3.57 Å². The summed E-state index contributed by atoms with van der Waals surface area (Å²) in [5.74, 6) is 0.866. The first-order valence-corrected chi connectivity index (χ1v) is 8.06. The predicted octanol–water partition coefficient (Wildman–Crippen LogP) is 3.46. The van der Waals surface area contributed by atoms with Crippen molar-refractivity contribution in [3.8, 4) is 5.75 Å². The van der Waals surface area contributed by atoms with Crippen molar-refractivity contribution in [2.75, 3.05) is 7.11 Å². The van der Waals surface area contributed by atoms with E-state index >= 15 is 0 Å². The Morgan fingerprint density at radius 1 is 1.10 bits per heavy atom. The van der Waals surface area contributed by atoms with E-state index in [2.05, 4.69) is 51.4 Å². The van der Waals surface area contributed by atoms with Gasteiger partial charge in [0.15, 0.2) is 5.11 Å². The molecule has 0 aliphatic carbocycles. The molecule has 2 rings (SSSR count). The first-order chi connectivity index (χ1) is 10.2. The molecule has 0 heterocycles. The summed E-state index contributed by atoms with van der Waals surface area (Å²) in [5, 5.41) is 7.05. The summed E-state index contributed by atoms with van der Waals surface area (Å²) in [7, 11) is 1.67. The molecule has 0 aliphatic rings. The minimum Gasteiger partial charge on any atom is -0.496 e. The van der Waals surface area contributed by atoms with E-state index in [4.69, 9.17) is 17.0 Å². The molecule has 0 radical (unpaired) electrons. The first kappa shape index (κ1) is 16.0. The molecule has 3 nitrogen and oxygen atoms in total. The lowest BCUT2D eigenvalue weighted by Gasteiger charge is -2.12. The van der Waals surface area contributed by atoms with Crippen LogP contribution in [-0.2, 0) is 13.1 Å². The Hall–Kier alpha value is -1.34. The van der Waals surface area contributed by atoms with Gasteiger partial charge in [0.2, 0.25) is 0 Å². The monoisotopic (exact) mass is 412 g/mol. The van der Waals surface area contributed by atoms with Crippen molar-refractivity contribution in [1.82, 2.24) is 10.6 Å². The molecular weight excluding hydrogens is 395 g/mol. The van der Waals surface area contributed by atoms with Gasteiger partial charge >= 0.3 is 0 Å². The van der Waals surface area contributed by atoms with Crippen molar-refractivity contribution >= 4 is 39.9 Å². The molecule has 5 heteroatoms. The molecule has 0 spiro atoms. The fraction of sp³-hybridized carbons (Fsp3) is 0.188. The average molecular weight is 412 g/mol. The van der Waals surface area contributed by atoms with Gasteiger partial charge in [0.1, 0.15) is 5.75 Å². The molecular formula is C16H17IN2OS. The van der Waals surface area contributed by atoms with Gasteiger partial charge in [-0.15, -0.1) is 0 Å². The highest BCUT2D eigenvalue weighted by Gasteiger charge is 2.02. The molecule has 0 fully saturated rings. The Bertz CT molecular complexity index is 619. The minimum absolute atomic E-state index is 0.639. The number of hydrogen-bond acceptors (Lipinski definition) is 2. The number of para-hydroxylation sites is 1. The SMILES string of the molecule is COc1ccccc1CNC(=S)NCc1cccc(I)c1. The zero-order valence-corrected chi connectivity index (χ0v) is 14.7. The molecule has 0 unspecified atom stereocenters. The molecule has 0 amide bonds. The van der Waals surface area contributed by atoms with Crippen LogP contribution in [0.2, 0.25) is 0 Å².